The number of thioether (sulfide) groups is 1. The maximum atomic E-state index is 12.1. The molecule has 1 aromatic heterocycles. The van der Waals surface area contributed by atoms with Crippen LogP contribution in [0, 0.1) is 25.2 Å². The molecule has 22 heavy (non-hydrogen) atoms. The first-order valence-corrected chi connectivity index (χ1v) is 7.47. The van der Waals surface area contributed by atoms with Crippen LogP contribution in [-0.2, 0) is 0 Å². The first kappa shape index (κ1) is 15.9. The predicted molar refractivity (Wildman–Crippen MR) is 83.3 cm³/mol. The van der Waals surface area contributed by atoms with Gasteiger partial charge in [0.1, 0.15) is 22.6 Å². The summed E-state index contributed by atoms with van der Waals surface area (Å²) in [6, 6.07) is 7.74. The molecule has 0 amide bonds. The zero-order valence-corrected chi connectivity index (χ0v) is 12.9. The third kappa shape index (κ3) is 3.38. The Kier molecular flexibility index (Phi) is 4.68. The molecule has 6 heteroatoms. The lowest BCUT2D eigenvalue weighted by Crippen LogP contribution is -2.04. The largest absolute Gasteiger partial charge is 0.508 e. The van der Waals surface area contributed by atoms with E-state index in [4.69, 9.17) is 0 Å². The maximum absolute atomic E-state index is 12.1. The molecular formula is C16H14N2O3S. The second-order valence-electron chi connectivity index (χ2n) is 4.79. The van der Waals surface area contributed by atoms with Gasteiger partial charge in [0, 0.05) is 11.8 Å². The van der Waals surface area contributed by atoms with Crippen LogP contribution in [0.1, 0.15) is 27.2 Å². The number of nitrogens with zero attached hydrogens (tertiary/aromatic N) is 2. The minimum atomic E-state index is -0.299. The fraction of sp³-hybridized carbons (Fsp3) is 0.188. The Morgan fingerprint density at radius 1 is 1.32 bits per heavy atom. The van der Waals surface area contributed by atoms with Crippen molar-refractivity contribution in [1.29, 1.82) is 5.26 Å². The Hall–Kier alpha value is -2.52. The zero-order valence-electron chi connectivity index (χ0n) is 12.1. The van der Waals surface area contributed by atoms with Gasteiger partial charge in [-0.15, -0.1) is 0 Å². The Balaban J connectivity index is 2.20. The van der Waals surface area contributed by atoms with Gasteiger partial charge in [0.25, 0.3) is 0 Å². The van der Waals surface area contributed by atoms with Crippen LogP contribution in [0.3, 0.4) is 0 Å². The number of aromatic hydroxyl groups is 2. The van der Waals surface area contributed by atoms with E-state index in [-0.39, 0.29) is 28.6 Å². The van der Waals surface area contributed by atoms with Gasteiger partial charge in [-0.3, -0.25) is 4.79 Å². The number of hydrogen-bond acceptors (Lipinski definition) is 6. The van der Waals surface area contributed by atoms with Gasteiger partial charge in [-0.25, -0.2) is 4.98 Å². The van der Waals surface area contributed by atoms with E-state index >= 15 is 0 Å². The lowest BCUT2D eigenvalue weighted by Gasteiger charge is -2.08. The average Bonchev–Trinajstić information content (AvgIpc) is 2.44. The number of aromatic nitrogens is 1. The smallest absolute Gasteiger partial charge is 0.176 e. The van der Waals surface area contributed by atoms with Crippen LogP contribution in [0.25, 0.3) is 0 Å². The fourth-order valence-corrected chi connectivity index (χ4v) is 2.99. The Bertz CT molecular complexity index is 782. The molecule has 0 aliphatic rings. The second kappa shape index (κ2) is 6.50. The van der Waals surface area contributed by atoms with Gasteiger partial charge in [-0.05, 0) is 37.6 Å². The van der Waals surface area contributed by atoms with Crippen molar-refractivity contribution in [3.05, 3.63) is 46.6 Å². The molecule has 0 saturated heterocycles. The van der Waals surface area contributed by atoms with Crippen LogP contribution in [0.5, 0.6) is 11.5 Å². The minimum absolute atomic E-state index is 0.0446. The summed E-state index contributed by atoms with van der Waals surface area (Å²) in [7, 11) is 0. The molecule has 2 rings (SSSR count). The van der Waals surface area contributed by atoms with Gasteiger partial charge in [0.2, 0.25) is 0 Å². The molecule has 1 heterocycles. The SMILES string of the molecule is Cc1cc(C)c(C#N)c(SCC(=O)c2ccc(O)cc2O)n1. The molecule has 0 radical (unpaired) electrons. The number of benzene rings is 1. The minimum Gasteiger partial charge on any atom is -0.508 e. The van der Waals surface area contributed by atoms with Crippen molar-refractivity contribution in [2.45, 2.75) is 18.9 Å². The van der Waals surface area contributed by atoms with Crippen molar-refractivity contribution < 1.29 is 15.0 Å². The molecule has 0 fully saturated rings. The van der Waals surface area contributed by atoms with Crippen LogP contribution >= 0.6 is 11.8 Å². The highest BCUT2D eigenvalue weighted by Gasteiger charge is 2.15. The summed E-state index contributed by atoms with van der Waals surface area (Å²) in [6.45, 7) is 3.65. The summed E-state index contributed by atoms with van der Waals surface area (Å²) >= 11 is 1.16. The summed E-state index contributed by atoms with van der Waals surface area (Å²) in [5, 5.41) is 28.6. The summed E-state index contributed by atoms with van der Waals surface area (Å²) < 4.78 is 0. The van der Waals surface area contributed by atoms with Gasteiger partial charge in [-0.2, -0.15) is 5.26 Å². The molecule has 0 aliphatic carbocycles. The van der Waals surface area contributed by atoms with Crippen molar-refractivity contribution in [1.82, 2.24) is 4.98 Å². The van der Waals surface area contributed by atoms with E-state index in [1.54, 1.807) is 0 Å². The average molecular weight is 314 g/mol. The monoisotopic (exact) mass is 314 g/mol. The van der Waals surface area contributed by atoms with Crippen molar-refractivity contribution in [3.63, 3.8) is 0 Å². The molecule has 112 valence electrons. The number of nitriles is 1. The third-order valence-corrected chi connectivity index (χ3v) is 4.02. The lowest BCUT2D eigenvalue weighted by molar-refractivity contribution is 0.102. The van der Waals surface area contributed by atoms with Crippen molar-refractivity contribution in [3.8, 4) is 17.6 Å². The fourth-order valence-electron chi connectivity index (χ4n) is 2.01. The molecule has 0 bridgehead atoms. The van der Waals surface area contributed by atoms with E-state index < -0.39 is 0 Å². The van der Waals surface area contributed by atoms with E-state index in [0.717, 1.165) is 29.1 Å². The number of rotatable bonds is 4. The zero-order chi connectivity index (χ0) is 16.3. The number of aryl methyl sites for hydroxylation is 2. The predicted octanol–water partition coefficient (Wildman–Crippen LogP) is 2.96. The highest BCUT2D eigenvalue weighted by atomic mass is 32.2. The topological polar surface area (TPSA) is 94.2 Å². The molecule has 1 aromatic carbocycles. The quantitative estimate of drug-likeness (QED) is 0.665. The summed E-state index contributed by atoms with van der Waals surface area (Å²) in [5.74, 6) is -0.626. The number of carbonyl (C=O) groups is 1. The van der Waals surface area contributed by atoms with E-state index in [2.05, 4.69) is 11.1 Å². The molecule has 0 unspecified atom stereocenters. The Morgan fingerprint density at radius 3 is 2.68 bits per heavy atom. The molecule has 2 aromatic rings. The number of ketones is 1. The first-order valence-electron chi connectivity index (χ1n) is 6.48. The second-order valence-corrected chi connectivity index (χ2v) is 5.75. The summed E-state index contributed by atoms with van der Waals surface area (Å²) in [5.41, 5.74) is 2.18. The third-order valence-electron chi connectivity index (χ3n) is 3.05. The van der Waals surface area contributed by atoms with Crippen LogP contribution in [0.2, 0.25) is 0 Å². The van der Waals surface area contributed by atoms with Gasteiger partial charge in [0.15, 0.2) is 5.78 Å². The molecule has 0 saturated carbocycles. The Labute approximate surface area is 132 Å². The van der Waals surface area contributed by atoms with Crippen LogP contribution in [0.4, 0.5) is 0 Å². The molecule has 0 aliphatic heterocycles. The number of carbonyl (C=O) groups excluding carboxylic acids is 1. The van der Waals surface area contributed by atoms with Crippen LogP contribution < -0.4 is 0 Å². The maximum Gasteiger partial charge on any atom is 0.176 e. The number of pyridine rings is 1. The normalized spacial score (nSPS) is 10.2. The first-order chi connectivity index (χ1) is 10.4. The van der Waals surface area contributed by atoms with Crippen LogP contribution in [0.15, 0.2) is 29.3 Å². The number of phenolic OH excluding ortho intramolecular Hbond substituents is 2. The van der Waals surface area contributed by atoms with Crippen molar-refractivity contribution >= 4 is 17.5 Å². The van der Waals surface area contributed by atoms with Crippen molar-refractivity contribution in [2.24, 2.45) is 0 Å². The van der Waals surface area contributed by atoms with Crippen molar-refractivity contribution in [2.75, 3.05) is 5.75 Å². The van der Waals surface area contributed by atoms with Crippen LogP contribution in [-0.4, -0.2) is 26.7 Å². The number of phenols is 2. The molecule has 0 atom stereocenters. The lowest BCUT2D eigenvalue weighted by atomic mass is 10.1. The summed E-state index contributed by atoms with van der Waals surface area (Å²) in [4.78, 5) is 16.4. The highest BCUT2D eigenvalue weighted by Crippen LogP contribution is 2.27. The van der Waals surface area contributed by atoms with Gasteiger partial charge < -0.3 is 10.2 Å². The number of hydrogen-bond donors (Lipinski definition) is 2. The van der Waals surface area contributed by atoms with E-state index in [1.807, 2.05) is 19.9 Å². The van der Waals surface area contributed by atoms with Gasteiger partial charge in [-0.1, -0.05) is 11.8 Å². The highest BCUT2D eigenvalue weighted by molar-refractivity contribution is 8.00. The summed E-state index contributed by atoms with van der Waals surface area (Å²) in [6.07, 6.45) is 0. The van der Waals surface area contributed by atoms with E-state index in [0.29, 0.717) is 10.6 Å². The number of Topliss-reactive ketones (excluding diaryl/α,β-unsaturated/α-hetero) is 1. The standard InChI is InChI=1S/C16H14N2O3S/c1-9-5-10(2)18-16(13(9)7-17)22-8-15(21)12-4-3-11(19)6-14(12)20/h3-6,19-20H,8H2,1-2H3. The Morgan fingerprint density at radius 2 is 2.05 bits per heavy atom. The van der Waals surface area contributed by atoms with Gasteiger partial charge in [0.05, 0.1) is 16.9 Å². The molecular weight excluding hydrogens is 300 g/mol. The molecule has 5 nitrogen and oxygen atoms in total. The van der Waals surface area contributed by atoms with Gasteiger partial charge >= 0.3 is 0 Å². The van der Waals surface area contributed by atoms with E-state index in [9.17, 15) is 20.3 Å². The van der Waals surface area contributed by atoms with E-state index in [1.165, 1.54) is 12.1 Å². The molecule has 2 N–H and O–H groups in total. The molecule has 0 spiro atoms.